The van der Waals surface area contributed by atoms with Crippen LogP contribution in [0.4, 0.5) is 0 Å². The molecule has 0 radical (unpaired) electrons. The fourth-order valence-electron chi connectivity index (χ4n) is 4.54. The summed E-state index contributed by atoms with van der Waals surface area (Å²) in [6, 6.07) is 18.5. The van der Waals surface area contributed by atoms with Crippen LogP contribution >= 0.6 is 0 Å². The second-order valence-corrected chi connectivity index (χ2v) is 8.49. The highest BCUT2D eigenvalue weighted by molar-refractivity contribution is 5.66. The molecule has 5 heteroatoms. The molecule has 1 fully saturated rings. The van der Waals surface area contributed by atoms with Crippen LogP contribution < -0.4 is 11.1 Å². The normalized spacial score (nSPS) is 22.0. The van der Waals surface area contributed by atoms with Gasteiger partial charge in [-0.3, -0.25) is 0 Å². The number of benzene rings is 2. The molecule has 5 nitrogen and oxygen atoms in total. The maximum atomic E-state index is 8.95. The Morgan fingerprint density at radius 3 is 2.40 bits per heavy atom. The lowest BCUT2D eigenvalue weighted by Gasteiger charge is -2.32. The smallest absolute Gasteiger partial charge is 0.118 e. The van der Waals surface area contributed by atoms with Crippen LogP contribution in [0, 0.1) is 17.2 Å². The van der Waals surface area contributed by atoms with E-state index in [1.807, 2.05) is 36.7 Å². The van der Waals surface area contributed by atoms with E-state index in [0.717, 1.165) is 35.1 Å². The number of imidazole rings is 1. The van der Waals surface area contributed by atoms with Gasteiger partial charge in [0.15, 0.2) is 0 Å². The molecule has 0 spiro atoms. The van der Waals surface area contributed by atoms with Crippen molar-refractivity contribution >= 4 is 6.20 Å². The number of fused-ring (bicyclic) bond motifs is 1. The summed E-state index contributed by atoms with van der Waals surface area (Å²) in [7, 11) is 0. The van der Waals surface area contributed by atoms with E-state index in [0.29, 0.717) is 11.5 Å². The lowest BCUT2D eigenvalue weighted by Crippen LogP contribution is -2.31. The summed E-state index contributed by atoms with van der Waals surface area (Å²) in [5.41, 5.74) is 12.6. The van der Waals surface area contributed by atoms with Gasteiger partial charge in [0, 0.05) is 23.9 Å². The van der Waals surface area contributed by atoms with Crippen molar-refractivity contribution in [3.05, 3.63) is 82.9 Å². The zero-order chi connectivity index (χ0) is 20.7. The van der Waals surface area contributed by atoms with E-state index in [9.17, 15) is 0 Å². The number of nitriles is 1. The van der Waals surface area contributed by atoms with Crippen LogP contribution in [-0.2, 0) is 6.42 Å². The van der Waals surface area contributed by atoms with Crippen molar-refractivity contribution in [1.82, 2.24) is 14.9 Å². The van der Waals surface area contributed by atoms with Crippen molar-refractivity contribution in [2.45, 2.75) is 38.3 Å². The number of nitrogens with two attached hydrogens (primary N) is 1. The topological polar surface area (TPSA) is 79.7 Å². The SMILES string of the molecule is CC1CC(c2nc(-c3ccc(Cc4ccc(C#N)cc4)cc3)c3n2C=CNC3N)C1. The van der Waals surface area contributed by atoms with Crippen LogP contribution in [0.2, 0.25) is 0 Å². The zero-order valence-corrected chi connectivity index (χ0v) is 17.0. The Bertz CT molecular complexity index is 1130. The van der Waals surface area contributed by atoms with Crippen molar-refractivity contribution in [2.24, 2.45) is 11.7 Å². The quantitative estimate of drug-likeness (QED) is 0.681. The van der Waals surface area contributed by atoms with Crippen LogP contribution in [0.15, 0.2) is 54.7 Å². The summed E-state index contributed by atoms with van der Waals surface area (Å²) >= 11 is 0. The molecule has 1 unspecified atom stereocenters. The minimum atomic E-state index is -0.262. The van der Waals surface area contributed by atoms with Crippen molar-refractivity contribution in [3.8, 4) is 17.3 Å². The van der Waals surface area contributed by atoms with Crippen LogP contribution in [0.3, 0.4) is 0 Å². The van der Waals surface area contributed by atoms with Crippen LogP contribution in [-0.4, -0.2) is 9.55 Å². The van der Waals surface area contributed by atoms with Crippen molar-refractivity contribution in [3.63, 3.8) is 0 Å². The number of rotatable bonds is 4. The van der Waals surface area contributed by atoms with Gasteiger partial charge in [-0.25, -0.2) is 4.98 Å². The molecule has 3 N–H and O–H groups in total. The molecule has 1 saturated carbocycles. The van der Waals surface area contributed by atoms with Crippen molar-refractivity contribution < 1.29 is 0 Å². The maximum absolute atomic E-state index is 8.95. The third kappa shape index (κ3) is 3.30. The fraction of sp³-hybridized carbons (Fsp3) is 0.280. The first-order valence-electron chi connectivity index (χ1n) is 10.5. The third-order valence-electron chi connectivity index (χ3n) is 6.23. The molecule has 2 aliphatic rings. The van der Waals surface area contributed by atoms with E-state index in [4.69, 9.17) is 16.0 Å². The average molecular weight is 396 g/mol. The van der Waals surface area contributed by atoms with Gasteiger partial charge in [0.25, 0.3) is 0 Å². The lowest BCUT2D eigenvalue weighted by atomic mass is 9.75. The first-order valence-corrected chi connectivity index (χ1v) is 10.5. The van der Waals surface area contributed by atoms with Gasteiger partial charge in [-0.1, -0.05) is 43.3 Å². The summed E-state index contributed by atoms with van der Waals surface area (Å²) in [5.74, 6) is 2.42. The van der Waals surface area contributed by atoms with Crippen LogP contribution in [0.1, 0.15) is 60.1 Å². The van der Waals surface area contributed by atoms with Gasteiger partial charge in [-0.15, -0.1) is 0 Å². The molecule has 1 aliphatic carbocycles. The summed E-state index contributed by atoms with van der Waals surface area (Å²) in [4.78, 5) is 5.06. The predicted octanol–water partition coefficient (Wildman–Crippen LogP) is 4.51. The first-order chi connectivity index (χ1) is 14.6. The Kier molecular flexibility index (Phi) is 4.65. The van der Waals surface area contributed by atoms with E-state index < -0.39 is 0 Å². The maximum Gasteiger partial charge on any atom is 0.118 e. The van der Waals surface area contributed by atoms with E-state index in [1.54, 1.807) is 0 Å². The van der Waals surface area contributed by atoms with Crippen molar-refractivity contribution in [1.29, 1.82) is 5.26 Å². The standard InChI is InChI=1S/C25H25N5/c1-16-12-21(13-16)25-29-22(23-24(27)28-10-11-30(23)25)20-8-6-18(7-9-20)14-17-2-4-19(15-26)5-3-17/h2-11,16,21,24,28H,12-14,27H2,1H3. The minimum absolute atomic E-state index is 0.262. The molecule has 0 saturated heterocycles. The average Bonchev–Trinajstić information content (AvgIpc) is 3.13. The summed E-state index contributed by atoms with van der Waals surface area (Å²) in [6.45, 7) is 2.30. The van der Waals surface area contributed by atoms with Gasteiger partial charge in [-0.2, -0.15) is 5.26 Å². The highest BCUT2D eigenvalue weighted by Gasteiger charge is 2.34. The number of nitrogens with zero attached hydrogens (tertiary/aromatic N) is 3. The Hall–Kier alpha value is -3.36. The number of nitrogens with one attached hydrogen (secondary N) is 1. The molecule has 1 aromatic heterocycles. The zero-order valence-electron chi connectivity index (χ0n) is 17.0. The third-order valence-corrected chi connectivity index (χ3v) is 6.23. The Morgan fingerprint density at radius 1 is 1.10 bits per heavy atom. The summed E-state index contributed by atoms with van der Waals surface area (Å²) < 4.78 is 2.19. The molecule has 0 bridgehead atoms. The summed E-state index contributed by atoms with van der Waals surface area (Å²) in [5, 5.41) is 12.2. The van der Waals surface area contributed by atoms with Gasteiger partial charge in [0.1, 0.15) is 12.0 Å². The highest BCUT2D eigenvalue weighted by atomic mass is 15.2. The minimum Gasteiger partial charge on any atom is -0.370 e. The number of aromatic nitrogens is 2. The highest BCUT2D eigenvalue weighted by Crippen LogP contribution is 2.43. The Balaban J connectivity index is 1.44. The van der Waals surface area contributed by atoms with Gasteiger partial charge in [-0.05, 0) is 48.4 Å². The molecule has 150 valence electrons. The van der Waals surface area contributed by atoms with Gasteiger partial charge < -0.3 is 15.6 Å². The molecular formula is C25H25N5. The number of hydrogen-bond acceptors (Lipinski definition) is 4. The molecule has 0 amide bonds. The van der Waals surface area contributed by atoms with Crippen LogP contribution in [0.5, 0.6) is 0 Å². The molecule has 2 heterocycles. The molecule has 1 atom stereocenters. The molecule has 3 aromatic rings. The molecule has 2 aromatic carbocycles. The van der Waals surface area contributed by atoms with Gasteiger partial charge >= 0.3 is 0 Å². The monoisotopic (exact) mass is 395 g/mol. The summed E-state index contributed by atoms with van der Waals surface area (Å²) in [6.07, 6.45) is 6.91. The molecule has 30 heavy (non-hydrogen) atoms. The van der Waals surface area contributed by atoms with Gasteiger partial charge in [0.05, 0.1) is 23.0 Å². The van der Waals surface area contributed by atoms with Crippen molar-refractivity contribution in [2.75, 3.05) is 0 Å². The molecule has 1 aliphatic heterocycles. The molecule has 5 rings (SSSR count). The largest absolute Gasteiger partial charge is 0.370 e. The van der Waals surface area contributed by atoms with Crippen LogP contribution in [0.25, 0.3) is 17.5 Å². The Labute approximate surface area is 176 Å². The number of hydrogen-bond donors (Lipinski definition) is 2. The molecular weight excluding hydrogens is 370 g/mol. The van der Waals surface area contributed by atoms with E-state index >= 15 is 0 Å². The predicted molar refractivity (Wildman–Crippen MR) is 118 cm³/mol. The van der Waals surface area contributed by atoms with E-state index in [-0.39, 0.29) is 6.17 Å². The second kappa shape index (κ2) is 7.47. The first kappa shape index (κ1) is 18.7. The van der Waals surface area contributed by atoms with E-state index in [1.165, 1.54) is 24.0 Å². The van der Waals surface area contributed by atoms with Gasteiger partial charge in [0.2, 0.25) is 0 Å². The van der Waals surface area contributed by atoms with E-state index in [2.05, 4.69) is 47.1 Å². The second-order valence-electron chi connectivity index (χ2n) is 8.49. The Morgan fingerprint density at radius 2 is 1.77 bits per heavy atom. The fourth-order valence-corrected chi connectivity index (χ4v) is 4.54. The lowest BCUT2D eigenvalue weighted by molar-refractivity contribution is 0.276.